The third-order valence-electron chi connectivity index (χ3n) is 2.21. The number of carbonyl (C=O) groups excluding carboxylic acids is 1. The van der Waals surface area contributed by atoms with Crippen LogP contribution in [0.15, 0.2) is 10.9 Å². The molecule has 0 fully saturated rings. The molecule has 1 aromatic rings. The summed E-state index contributed by atoms with van der Waals surface area (Å²) in [5.41, 5.74) is 5.38. The van der Waals surface area contributed by atoms with Gasteiger partial charge in [-0.15, -0.1) is 0 Å². The minimum Gasteiger partial charge on any atom is -0.364 e. The molecule has 0 saturated carbocycles. The van der Waals surface area contributed by atoms with E-state index in [4.69, 9.17) is 10.5 Å². The van der Waals surface area contributed by atoms with Gasteiger partial charge < -0.3 is 15.0 Å². The maximum Gasteiger partial charge on any atom is 0.268 e. The molecule has 7 heteroatoms. The Morgan fingerprint density at radius 3 is 2.71 bits per heavy atom. The van der Waals surface area contributed by atoms with E-state index in [0.717, 1.165) is 12.7 Å². The molecule has 0 aliphatic heterocycles. The summed E-state index contributed by atoms with van der Waals surface area (Å²) < 4.78 is 7.81. The maximum atomic E-state index is 10.9. The lowest BCUT2D eigenvalue weighted by Crippen LogP contribution is -2.22. The topological polar surface area (TPSA) is 70.1 Å². The van der Waals surface area contributed by atoms with Gasteiger partial charge in [-0.1, -0.05) is 19.6 Å². The van der Waals surface area contributed by atoms with Gasteiger partial charge >= 0.3 is 0 Å². The average Bonchev–Trinajstić information content (AvgIpc) is 2.54. The van der Waals surface area contributed by atoms with Crippen LogP contribution in [0.3, 0.4) is 0 Å². The van der Waals surface area contributed by atoms with Crippen molar-refractivity contribution in [2.75, 3.05) is 6.61 Å². The van der Waals surface area contributed by atoms with E-state index in [0.29, 0.717) is 11.5 Å². The summed E-state index contributed by atoms with van der Waals surface area (Å²) in [7, 11) is -1.06. The molecular formula is C10H18BrN3O2Si. The molecule has 0 saturated heterocycles. The molecule has 5 nitrogen and oxygen atoms in total. The van der Waals surface area contributed by atoms with Crippen LogP contribution >= 0.6 is 15.9 Å². The van der Waals surface area contributed by atoms with Crippen molar-refractivity contribution in [1.82, 2.24) is 9.55 Å². The predicted octanol–water partition coefficient (Wildman–Crippen LogP) is 2.06. The first-order valence-electron chi connectivity index (χ1n) is 5.40. The third kappa shape index (κ3) is 5.01. The van der Waals surface area contributed by atoms with Gasteiger partial charge in [-0.05, 0) is 22.0 Å². The zero-order chi connectivity index (χ0) is 13.1. The number of nitrogens with zero attached hydrogens (tertiary/aromatic N) is 2. The standard InChI is InChI=1S/C10H18BrN3O2Si/c1-17(2,3)5-4-16-7-14-6-8(9(12)15)13-10(14)11/h6H,4-5,7H2,1-3H3,(H2,12,15). The highest BCUT2D eigenvalue weighted by Crippen LogP contribution is 2.12. The average molecular weight is 320 g/mol. The van der Waals surface area contributed by atoms with Crippen molar-refractivity contribution in [1.29, 1.82) is 0 Å². The minimum atomic E-state index is -1.06. The van der Waals surface area contributed by atoms with E-state index in [1.54, 1.807) is 10.8 Å². The largest absolute Gasteiger partial charge is 0.364 e. The van der Waals surface area contributed by atoms with Crippen LogP contribution in [-0.4, -0.2) is 30.1 Å². The predicted molar refractivity (Wildman–Crippen MR) is 72.5 cm³/mol. The van der Waals surface area contributed by atoms with E-state index in [2.05, 4.69) is 40.6 Å². The second-order valence-electron chi connectivity index (χ2n) is 5.08. The molecule has 1 aromatic heterocycles. The number of hydrogen-bond donors (Lipinski definition) is 1. The number of ether oxygens (including phenoxy) is 1. The fraction of sp³-hybridized carbons (Fsp3) is 0.600. The van der Waals surface area contributed by atoms with Gasteiger partial charge in [-0.2, -0.15) is 0 Å². The summed E-state index contributed by atoms with van der Waals surface area (Å²) in [6.45, 7) is 8.01. The van der Waals surface area contributed by atoms with Gasteiger partial charge in [0.25, 0.3) is 5.91 Å². The van der Waals surface area contributed by atoms with E-state index in [9.17, 15) is 4.79 Å². The normalized spacial score (nSPS) is 11.8. The smallest absolute Gasteiger partial charge is 0.268 e. The molecule has 0 aromatic carbocycles. The van der Waals surface area contributed by atoms with E-state index < -0.39 is 14.0 Å². The van der Waals surface area contributed by atoms with Crippen LogP contribution in [0.1, 0.15) is 10.5 Å². The molecule has 1 heterocycles. The summed E-state index contributed by atoms with van der Waals surface area (Å²) in [6, 6.07) is 1.11. The lowest BCUT2D eigenvalue weighted by molar-refractivity contribution is 0.0855. The fourth-order valence-electron chi connectivity index (χ4n) is 1.14. The molecule has 1 rings (SSSR count). The molecule has 0 aliphatic rings. The van der Waals surface area contributed by atoms with Crippen molar-refractivity contribution in [3.63, 3.8) is 0 Å². The van der Waals surface area contributed by atoms with Crippen LogP contribution in [0.4, 0.5) is 0 Å². The number of carbonyl (C=O) groups is 1. The van der Waals surface area contributed by atoms with Crippen molar-refractivity contribution < 1.29 is 9.53 Å². The van der Waals surface area contributed by atoms with Gasteiger partial charge in [0.2, 0.25) is 0 Å². The zero-order valence-electron chi connectivity index (χ0n) is 10.4. The summed E-state index contributed by atoms with van der Waals surface area (Å²) in [5.74, 6) is -0.536. The molecular weight excluding hydrogens is 302 g/mol. The minimum absolute atomic E-state index is 0.241. The number of imidazole rings is 1. The van der Waals surface area contributed by atoms with E-state index in [-0.39, 0.29) is 5.69 Å². The Hall–Kier alpha value is -0.663. The van der Waals surface area contributed by atoms with Gasteiger partial charge in [0, 0.05) is 20.9 Å². The monoisotopic (exact) mass is 319 g/mol. The molecule has 0 bridgehead atoms. The first-order valence-corrected chi connectivity index (χ1v) is 9.90. The van der Waals surface area contributed by atoms with E-state index in [1.165, 1.54) is 0 Å². The van der Waals surface area contributed by atoms with Crippen molar-refractivity contribution in [2.24, 2.45) is 5.73 Å². The Balaban J connectivity index is 2.44. The molecule has 0 radical (unpaired) electrons. The SMILES string of the molecule is C[Si](C)(C)CCOCn1cc(C(N)=O)nc1Br. The highest BCUT2D eigenvalue weighted by Gasteiger charge is 2.13. The summed E-state index contributed by atoms with van der Waals surface area (Å²) in [4.78, 5) is 14.9. The molecule has 0 unspecified atom stereocenters. The third-order valence-corrected chi connectivity index (χ3v) is 4.54. The van der Waals surface area contributed by atoms with Crippen molar-refractivity contribution in [3.05, 3.63) is 16.6 Å². The number of aromatic nitrogens is 2. The molecule has 0 aliphatic carbocycles. The van der Waals surface area contributed by atoms with E-state index >= 15 is 0 Å². The number of amides is 1. The number of nitrogens with two attached hydrogens (primary N) is 1. The lowest BCUT2D eigenvalue weighted by Gasteiger charge is -2.15. The molecule has 0 atom stereocenters. The second kappa shape index (κ2) is 5.79. The molecule has 2 N–H and O–H groups in total. The summed E-state index contributed by atoms with van der Waals surface area (Å²) in [5, 5.41) is 0. The van der Waals surface area contributed by atoms with Crippen molar-refractivity contribution in [2.45, 2.75) is 32.4 Å². The number of rotatable bonds is 6. The zero-order valence-corrected chi connectivity index (χ0v) is 13.0. The van der Waals surface area contributed by atoms with Crippen molar-refractivity contribution in [3.8, 4) is 0 Å². The quantitative estimate of drug-likeness (QED) is 0.644. The Morgan fingerprint density at radius 2 is 2.24 bits per heavy atom. The van der Waals surface area contributed by atoms with Gasteiger partial charge in [0.05, 0.1) is 0 Å². The summed E-state index contributed by atoms with van der Waals surface area (Å²) in [6.07, 6.45) is 1.58. The van der Waals surface area contributed by atoms with Crippen molar-refractivity contribution >= 4 is 29.9 Å². The van der Waals surface area contributed by atoms with Crippen LogP contribution in [0.2, 0.25) is 25.7 Å². The van der Waals surface area contributed by atoms with Gasteiger partial charge in [0.1, 0.15) is 12.4 Å². The molecule has 17 heavy (non-hydrogen) atoms. The van der Waals surface area contributed by atoms with Crippen LogP contribution in [-0.2, 0) is 11.5 Å². The second-order valence-corrected chi connectivity index (χ2v) is 11.4. The first-order chi connectivity index (χ1) is 7.79. The van der Waals surface area contributed by atoms with Gasteiger partial charge in [0.15, 0.2) is 4.73 Å². The Kier molecular flexibility index (Phi) is 4.90. The van der Waals surface area contributed by atoms with E-state index in [1.807, 2.05) is 0 Å². The van der Waals surface area contributed by atoms with Crippen LogP contribution < -0.4 is 5.73 Å². The Labute approximate surface area is 110 Å². The number of primary amides is 1. The van der Waals surface area contributed by atoms with Gasteiger partial charge in [-0.3, -0.25) is 4.79 Å². The van der Waals surface area contributed by atoms with Gasteiger partial charge in [-0.25, -0.2) is 4.98 Å². The highest BCUT2D eigenvalue weighted by atomic mass is 79.9. The molecule has 0 spiro atoms. The van der Waals surface area contributed by atoms with Crippen LogP contribution in [0.5, 0.6) is 0 Å². The lowest BCUT2D eigenvalue weighted by atomic mass is 10.5. The molecule has 96 valence electrons. The maximum absolute atomic E-state index is 10.9. The highest BCUT2D eigenvalue weighted by molar-refractivity contribution is 9.10. The fourth-order valence-corrected chi connectivity index (χ4v) is 2.30. The van der Waals surface area contributed by atoms with Crippen LogP contribution in [0.25, 0.3) is 0 Å². The molecule has 1 amide bonds. The van der Waals surface area contributed by atoms with Crippen LogP contribution in [0, 0.1) is 0 Å². The Bertz CT molecular complexity index is 401. The first kappa shape index (κ1) is 14.4. The Morgan fingerprint density at radius 1 is 1.59 bits per heavy atom. The number of hydrogen-bond acceptors (Lipinski definition) is 3. The number of halogens is 1. The summed E-state index contributed by atoms with van der Waals surface area (Å²) >= 11 is 3.25.